The molecule has 33 heavy (non-hydrogen) atoms. The molecule has 0 spiro atoms. The molecule has 0 aliphatic rings. The van der Waals surface area contributed by atoms with Gasteiger partial charge in [0.05, 0.1) is 28.5 Å². The number of alkyl halides is 3. The number of carbonyl (C=O) groups is 2. The number of halogens is 4. The van der Waals surface area contributed by atoms with Gasteiger partial charge in [-0.1, -0.05) is 11.6 Å². The lowest BCUT2D eigenvalue weighted by molar-refractivity contribution is -0.384. The van der Waals surface area contributed by atoms with Crippen molar-refractivity contribution >= 4 is 34.9 Å². The van der Waals surface area contributed by atoms with Crippen LogP contribution in [0.1, 0.15) is 18.9 Å². The first-order valence-electron chi connectivity index (χ1n) is 9.37. The maximum absolute atomic E-state index is 12.8. The number of rotatable bonds is 10. The lowest BCUT2D eigenvalue weighted by Gasteiger charge is -2.23. The van der Waals surface area contributed by atoms with Crippen molar-refractivity contribution in [2.24, 2.45) is 0 Å². The Morgan fingerprint density at radius 2 is 1.91 bits per heavy atom. The van der Waals surface area contributed by atoms with Gasteiger partial charge in [-0.3, -0.25) is 19.7 Å². The number of hydrogen-bond donors (Lipinski definition) is 1. The van der Waals surface area contributed by atoms with Crippen molar-refractivity contribution < 1.29 is 42.3 Å². The van der Waals surface area contributed by atoms with E-state index in [4.69, 9.17) is 26.2 Å². The summed E-state index contributed by atoms with van der Waals surface area (Å²) in [5.41, 5.74) is -1.58. The SMILES string of the molecule is CCOC(=O)CN(CCC(=O)O)c1cc(Oc2ccc(C(F)(F)F)cc2Cl)ccc1[N+](=O)[O-]. The summed E-state index contributed by atoms with van der Waals surface area (Å²) in [7, 11) is 0. The Morgan fingerprint density at radius 3 is 2.45 bits per heavy atom. The Bertz CT molecular complexity index is 1050. The van der Waals surface area contributed by atoms with E-state index in [0.717, 1.165) is 29.2 Å². The first kappa shape index (κ1) is 25.7. The van der Waals surface area contributed by atoms with E-state index in [1.165, 1.54) is 6.07 Å². The van der Waals surface area contributed by atoms with Crippen molar-refractivity contribution in [2.75, 3.05) is 24.6 Å². The minimum Gasteiger partial charge on any atom is -0.481 e. The number of anilines is 1. The number of nitrogens with zero attached hydrogens (tertiary/aromatic N) is 2. The molecule has 0 atom stereocenters. The fourth-order valence-corrected chi connectivity index (χ4v) is 2.96. The van der Waals surface area contributed by atoms with E-state index in [1.807, 2.05) is 0 Å². The van der Waals surface area contributed by atoms with Gasteiger partial charge in [-0.05, 0) is 31.2 Å². The van der Waals surface area contributed by atoms with E-state index in [2.05, 4.69) is 0 Å². The quantitative estimate of drug-likeness (QED) is 0.283. The van der Waals surface area contributed by atoms with Crippen LogP contribution in [0.5, 0.6) is 11.5 Å². The third kappa shape index (κ3) is 7.24. The summed E-state index contributed by atoms with van der Waals surface area (Å²) in [4.78, 5) is 34.9. The van der Waals surface area contributed by atoms with Crippen LogP contribution in [0.3, 0.4) is 0 Å². The fourth-order valence-electron chi connectivity index (χ4n) is 2.74. The second-order valence-corrected chi connectivity index (χ2v) is 6.93. The number of ether oxygens (including phenoxy) is 2. The second-order valence-electron chi connectivity index (χ2n) is 6.52. The summed E-state index contributed by atoms with van der Waals surface area (Å²) in [6.45, 7) is 0.861. The second kappa shape index (κ2) is 10.9. The highest BCUT2D eigenvalue weighted by Crippen LogP contribution is 2.38. The average Bonchev–Trinajstić information content (AvgIpc) is 2.71. The topological polar surface area (TPSA) is 119 Å². The summed E-state index contributed by atoms with van der Waals surface area (Å²) in [6, 6.07) is 5.83. The minimum atomic E-state index is -4.61. The van der Waals surface area contributed by atoms with Crippen molar-refractivity contribution in [3.8, 4) is 11.5 Å². The predicted molar refractivity (Wildman–Crippen MR) is 111 cm³/mol. The van der Waals surface area contributed by atoms with Crippen LogP contribution in [0, 0.1) is 10.1 Å². The molecule has 0 heterocycles. The van der Waals surface area contributed by atoms with Crippen LogP contribution in [0.25, 0.3) is 0 Å². The molecule has 178 valence electrons. The Labute approximate surface area is 190 Å². The molecule has 0 aliphatic heterocycles. The van der Waals surface area contributed by atoms with Crippen LogP contribution in [0.2, 0.25) is 5.02 Å². The minimum absolute atomic E-state index is 0.0403. The van der Waals surface area contributed by atoms with Gasteiger partial charge in [0.1, 0.15) is 23.7 Å². The van der Waals surface area contributed by atoms with E-state index in [0.29, 0.717) is 6.07 Å². The molecule has 0 amide bonds. The van der Waals surface area contributed by atoms with Crippen molar-refractivity contribution in [1.82, 2.24) is 0 Å². The highest BCUT2D eigenvalue weighted by molar-refractivity contribution is 6.32. The highest BCUT2D eigenvalue weighted by Gasteiger charge is 2.31. The molecule has 1 N–H and O–H groups in total. The zero-order valence-electron chi connectivity index (χ0n) is 17.1. The fraction of sp³-hybridized carbons (Fsp3) is 0.300. The molecule has 0 unspecified atom stereocenters. The first-order chi connectivity index (χ1) is 15.4. The van der Waals surface area contributed by atoms with Gasteiger partial charge in [0.25, 0.3) is 5.69 Å². The Kier molecular flexibility index (Phi) is 8.46. The van der Waals surface area contributed by atoms with Gasteiger partial charge in [-0.15, -0.1) is 0 Å². The molecular formula is C20H18ClF3N2O7. The van der Waals surface area contributed by atoms with Crippen LogP contribution in [-0.2, 0) is 20.5 Å². The molecule has 0 fully saturated rings. The zero-order chi connectivity index (χ0) is 24.8. The van der Waals surface area contributed by atoms with Crippen LogP contribution in [0.15, 0.2) is 36.4 Å². The standard InChI is InChI=1S/C20H18ClF3N2O7/c1-2-32-19(29)11-25(8-7-18(27)28)16-10-13(4-5-15(16)26(30)31)33-17-6-3-12(9-14(17)21)20(22,23)24/h3-6,9-10H,2,7-8,11H2,1H3,(H,27,28). The van der Waals surface area contributed by atoms with Gasteiger partial charge in [-0.25, -0.2) is 0 Å². The largest absolute Gasteiger partial charge is 0.481 e. The lowest BCUT2D eigenvalue weighted by Crippen LogP contribution is -2.33. The third-order valence-corrected chi connectivity index (χ3v) is 4.49. The summed E-state index contributed by atoms with van der Waals surface area (Å²) in [5.74, 6) is -2.13. The van der Waals surface area contributed by atoms with E-state index in [-0.39, 0.29) is 35.4 Å². The van der Waals surface area contributed by atoms with Gasteiger partial charge in [0.15, 0.2) is 0 Å². The van der Waals surface area contributed by atoms with Crippen LogP contribution in [-0.4, -0.2) is 41.7 Å². The molecule has 0 aliphatic carbocycles. The van der Waals surface area contributed by atoms with Gasteiger partial charge in [-0.2, -0.15) is 13.2 Å². The maximum atomic E-state index is 12.8. The average molecular weight is 491 g/mol. The number of carboxylic acids is 1. The summed E-state index contributed by atoms with van der Waals surface area (Å²) in [5, 5.41) is 20.1. The van der Waals surface area contributed by atoms with Crippen LogP contribution < -0.4 is 9.64 Å². The zero-order valence-corrected chi connectivity index (χ0v) is 17.9. The maximum Gasteiger partial charge on any atom is 0.416 e. The number of hydrogen-bond acceptors (Lipinski definition) is 7. The van der Waals surface area contributed by atoms with Gasteiger partial charge in [0.2, 0.25) is 0 Å². The predicted octanol–water partition coefficient (Wildman–Crippen LogP) is 4.90. The third-order valence-electron chi connectivity index (χ3n) is 4.19. The molecule has 0 radical (unpaired) electrons. The van der Waals surface area contributed by atoms with Crippen molar-refractivity contribution in [1.29, 1.82) is 0 Å². The Hall–Kier alpha value is -3.54. The molecule has 2 aromatic carbocycles. The summed E-state index contributed by atoms with van der Waals surface area (Å²) in [6.07, 6.45) is -5.05. The van der Waals surface area contributed by atoms with E-state index >= 15 is 0 Å². The highest BCUT2D eigenvalue weighted by atomic mass is 35.5. The van der Waals surface area contributed by atoms with Crippen molar-refractivity contribution in [3.63, 3.8) is 0 Å². The van der Waals surface area contributed by atoms with Gasteiger partial charge >= 0.3 is 18.1 Å². The normalized spacial score (nSPS) is 11.1. The molecule has 0 bridgehead atoms. The van der Waals surface area contributed by atoms with Gasteiger partial charge in [0, 0.05) is 18.7 Å². The number of esters is 1. The van der Waals surface area contributed by atoms with Crippen LogP contribution >= 0.6 is 11.6 Å². The Balaban J connectivity index is 2.43. The molecule has 2 rings (SSSR count). The van der Waals surface area contributed by atoms with Gasteiger partial charge < -0.3 is 19.5 Å². The van der Waals surface area contributed by atoms with Crippen molar-refractivity contribution in [3.05, 3.63) is 57.1 Å². The molecule has 0 saturated carbocycles. The smallest absolute Gasteiger partial charge is 0.416 e. The number of aliphatic carboxylic acids is 1. The molecule has 0 aromatic heterocycles. The number of nitro groups is 1. The molecule has 0 saturated heterocycles. The van der Waals surface area contributed by atoms with E-state index in [9.17, 15) is 32.9 Å². The number of carbonyl (C=O) groups excluding carboxylic acids is 1. The molecule has 13 heteroatoms. The number of carboxylic acid groups (broad SMARTS) is 1. The number of nitro benzene ring substituents is 1. The summed E-state index contributed by atoms with van der Waals surface area (Å²) >= 11 is 5.89. The summed E-state index contributed by atoms with van der Waals surface area (Å²) < 4.78 is 48.8. The first-order valence-corrected chi connectivity index (χ1v) is 9.75. The molecular weight excluding hydrogens is 473 g/mol. The monoisotopic (exact) mass is 490 g/mol. The lowest BCUT2D eigenvalue weighted by atomic mass is 10.2. The number of benzene rings is 2. The van der Waals surface area contributed by atoms with E-state index < -0.39 is 47.3 Å². The Morgan fingerprint density at radius 1 is 1.21 bits per heavy atom. The molecule has 2 aromatic rings. The van der Waals surface area contributed by atoms with Crippen molar-refractivity contribution in [2.45, 2.75) is 19.5 Å². The van der Waals surface area contributed by atoms with E-state index in [1.54, 1.807) is 6.92 Å². The van der Waals surface area contributed by atoms with Crippen LogP contribution in [0.4, 0.5) is 24.5 Å². The molecule has 9 nitrogen and oxygen atoms in total.